The predicted molar refractivity (Wildman–Crippen MR) is 103 cm³/mol. The minimum absolute atomic E-state index is 0.0818. The molecule has 0 fully saturated rings. The summed E-state index contributed by atoms with van der Waals surface area (Å²) in [5.74, 6) is -0.657. The Morgan fingerprint density at radius 1 is 0.955 bits per heavy atom. The molecule has 0 amide bonds. The molecule has 0 atom stereocenters. The van der Waals surface area contributed by atoms with Gasteiger partial charge in [-0.15, -0.1) is 0 Å². The first-order valence-corrected chi connectivity index (χ1v) is 11.5. The van der Waals surface area contributed by atoms with Gasteiger partial charge < -0.3 is 9.22 Å². The number of carbonyl (C=O) groups is 1. The molecule has 0 aromatic carbocycles. The van der Waals surface area contributed by atoms with Gasteiger partial charge in [-0.25, -0.2) is 0 Å². The molecule has 0 bridgehead atoms. The molecule has 0 aromatic rings. The van der Waals surface area contributed by atoms with Crippen molar-refractivity contribution in [1.29, 1.82) is 0 Å². The second kappa shape index (κ2) is 20.9. The summed E-state index contributed by atoms with van der Waals surface area (Å²) in [6, 6.07) is 0. The van der Waals surface area contributed by atoms with E-state index in [9.17, 15) is 4.79 Å². The topological polar surface area (TPSA) is 46.5 Å². The van der Waals surface area contributed by atoms with Crippen LogP contribution in [0, 0.1) is 0 Å². The maximum absolute atomic E-state index is 10.3. The number of hydrogen-bond donors (Lipinski definition) is 1. The van der Waals surface area contributed by atoms with Gasteiger partial charge in [-0.2, -0.15) is 0 Å². The fourth-order valence-electron chi connectivity index (χ4n) is 2.27. The van der Waals surface area contributed by atoms with Crippen LogP contribution in [-0.2, 0) is 8.91 Å². The molecule has 0 aliphatic rings. The van der Waals surface area contributed by atoms with Crippen LogP contribution in [0.4, 0.5) is 0 Å². The molecule has 1 N–H and O–H groups in total. The third kappa shape index (κ3) is 28.1. The van der Waals surface area contributed by atoms with Crippen LogP contribution in [0.1, 0.15) is 97.8 Å². The molecule has 0 rings (SSSR count). The lowest BCUT2D eigenvalue weighted by molar-refractivity contribution is -0.137. The van der Waals surface area contributed by atoms with Gasteiger partial charge in [0.25, 0.3) is 0 Å². The molecule has 0 aliphatic heterocycles. The Bertz CT molecular complexity index is 224. The average molecular weight is 349 g/mol. The van der Waals surface area contributed by atoms with Crippen molar-refractivity contribution in [1.82, 2.24) is 0 Å². The Morgan fingerprint density at radius 2 is 1.36 bits per heavy atom. The third-order valence-corrected chi connectivity index (χ3v) is 5.49. The summed E-state index contributed by atoms with van der Waals surface area (Å²) < 4.78 is 5.08. The highest BCUT2D eigenvalue weighted by Crippen LogP contribution is 2.11. The van der Waals surface area contributed by atoms with Crippen molar-refractivity contribution in [3.63, 3.8) is 0 Å². The van der Waals surface area contributed by atoms with Gasteiger partial charge in [0, 0.05) is 6.42 Å². The summed E-state index contributed by atoms with van der Waals surface area (Å²) in [6.07, 6.45) is 14.4. The summed E-state index contributed by atoms with van der Waals surface area (Å²) >= 11 is 0. The van der Waals surface area contributed by atoms with E-state index >= 15 is 0 Å². The Labute approximate surface area is 144 Å². The van der Waals surface area contributed by atoms with Gasteiger partial charge in [-0.05, 0) is 12.0 Å². The quantitative estimate of drug-likeness (QED) is 0.382. The lowest BCUT2D eigenvalue weighted by atomic mass is 10.1. The van der Waals surface area contributed by atoms with Crippen molar-refractivity contribution in [2.45, 2.75) is 103 Å². The largest absolute Gasteiger partial charge is 0.481 e. The summed E-state index contributed by atoms with van der Waals surface area (Å²) in [7, 11) is 0.867. The highest BCUT2D eigenvalue weighted by Gasteiger charge is 1.96. The van der Waals surface area contributed by atoms with E-state index < -0.39 is 5.97 Å². The third-order valence-electron chi connectivity index (χ3n) is 3.49. The van der Waals surface area contributed by atoms with E-state index in [2.05, 4.69) is 20.8 Å². The molecule has 5 heteroatoms. The first-order valence-electron chi connectivity index (χ1n) is 9.25. The van der Waals surface area contributed by atoms with Gasteiger partial charge in [0.05, 0.1) is 0 Å². The fourth-order valence-corrected chi connectivity index (χ4v) is 4.94. The Hall–Kier alpha value is -0.136. The Balaban J connectivity index is 0. The zero-order chi connectivity index (χ0) is 17.1. The second-order valence-corrected chi connectivity index (χ2v) is 10.8. The van der Waals surface area contributed by atoms with Gasteiger partial charge in [-0.3, -0.25) is 4.79 Å². The molecule has 0 saturated heterocycles. The lowest BCUT2D eigenvalue weighted by Gasteiger charge is -2.01. The van der Waals surface area contributed by atoms with E-state index in [0.717, 1.165) is 28.9 Å². The normalized spacial score (nSPS) is 11.1. The molecule has 0 saturated carbocycles. The van der Waals surface area contributed by atoms with E-state index in [-0.39, 0.29) is 9.76 Å². The molecule has 22 heavy (non-hydrogen) atoms. The molecule has 3 nitrogen and oxygen atoms in total. The van der Waals surface area contributed by atoms with Crippen molar-refractivity contribution in [3.8, 4) is 0 Å². The maximum Gasteiger partial charge on any atom is 0.303 e. The molecule has 0 spiro atoms. The fraction of sp³-hybridized carbons (Fsp3) is 0.941. The van der Waals surface area contributed by atoms with Gasteiger partial charge in [0.1, 0.15) is 20.2 Å². The number of carboxylic acid groups (broad SMARTS) is 1. The van der Waals surface area contributed by atoms with E-state index in [1.54, 1.807) is 0 Å². The number of unbranched alkanes of at least 4 members (excludes halogenated alkanes) is 10. The van der Waals surface area contributed by atoms with Crippen LogP contribution in [0.15, 0.2) is 0 Å². The molecule has 134 valence electrons. The van der Waals surface area contributed by atoms with E-state index in [4.69, 9.17) is 9.22 Å². The van der Waals surface area contributed by atoms with Crippen molar-refractivity contribution in [2.24, 2.45) is 0 Å². The van der Waals surface area contributed by atoms with Crippen molar-refractivity contribution < 1.29 is 14.0 Å². The van der Waals surface area contributed by atoms with Crippen molar-refractivity contribution in [2.75, 3.05) is 0 Å². The van der Waals surface area contributed by atoms with E-state index in [1.165, 1.54) is 57.8 Å². The molecule has 0 unspecified atom stereocenters. The van der Waals surface area contributed by atoms with Crippen molar-refractivity contribution >= 4 is 26.2 Å². The molecule has 0 aliphatic carbocycles. The highest BCUT2D eigenvalue weighted by molar-refractivity contribution is 6.35. The molecule has 0 heterocycles. The summed E-state index contributed by atoms with van der Waals surface area (Å²) in [5.41, 5.74) is 0.850. The highest BCUT2D eigenvalue weighted by atomic mass is 28.3. The standard InChI is InChI=1S/C14H28O2.C3H12OSi2/c1-2-3-4-5-6-7-8-9-10-11-12-13-14(15)16;1-3(2)6-4-5/h2-13H2,1H3,(H,15,16);3H,6H2,1-2,5H3. The first kappa shape index (κ1) is 24.1. The molecular weight excluding hydrogens is 308 g/mol. The predicted octanol–water partition coefficient (Wildman–Crippen LogP) is 3.97. The Kier molecular flexibility index (Phi) is 22.9. The molecular formula is C17H40O3Si2. The SMILES string of the molecule is CC(C)[SiH2]O[SiH3].CCCCCCCCCCCCCC(=O)O. The van der Waals surface area contributed by atoms with E-state index in [1.807, 2.05) is 0 Å². The van der Waals surface area contributed by atoms with Crippen LogP contribution in [0.3, 0.4) is 0 Å². The number of hydrogen-bond acceptors (Lipinski definition) is 2. The average Bonchev–Trinajstić information content (AvgIpc) is 2.45. The lowest BCUT2D eigenvalue weighted by Crippen LogP contribution is -1.97. The van der Waals surface area contributed by atoms with Crippen LogP contribution < -0.4 is 0 Å². The van der Waals surface area contributed by atoms with E-state index in [0.29, 0.717) is 6.42 Å². The van der Waals surface area contributed by atoms with Gasteiger partial charge in [0.2, 0.25) is 0 Å². The van der Waals surface area contributed by atoms with Gasteiger partial charge >= 0.3 is 5.97 Å². The summed E-state index contributed by atoms with van der Waals surface area (Å²) in [4.78, 5) is 10.3. The first-order chi connectivity index (χ1) is 10.5. The van der Waals surface area contributed by atoms with Crippen LogP contribution in [0.2, 0.25) is 5.54 Å². The van der Waals surface area contributed by atoms with Crippen LogP contribution in [0.25, 0.3) is 0 Å². The van der Waals surface area contributed by atoms with Crippen LogP contribution in [-0.4, -0.2) is 31.3 Å². The number of carboxylic acids is 1. The zero-order valence-corrected chi connectivity index (χ0v) is 18.9. The minimum atomic E-state index is -0.657. The summed E-state index contributed by atoms with van der Waals surface area (Å²) in [6.45, 7) is 6.67. The monoisotopic (exact) mass is 348 g/mol. The minimum Gasteiger partial charge on any atom is -0.481 e. The molecule has 0 radical (unpaired) electrons. The number of aliphatic carboxylic acids is 1. The second-order valence-electron chi connectivity index (χ2n) is 6.53. The van der Waals surface area contributed by atoms with Crippen LogP contribution >= 0.6 is 0 Å². The molecule has 0 aromatic heterocycles. The number of rotatable bonds is 14. The smallest absolute Gasteiger partial charge is 0.303 e. The van der Waals surface area contributed by atoms with Gasteiger partial charge in [-0.1, -0.05) is 85.0 Å². The van der Waals surface area contributed by atoms with Crippen molar-refractivity contribution in [3.05, 3.63) is 0 Å². The van der Waals surface area contributed by atoms with Gasteiger partial charge in [0.15, 0.2) is 0 Å². The summed E-state index contributed by atoms with van der Waals surface area (Å²) in [5, 5.41) is 8.46. The Morgan fingerprint density at radius 3 is 1.64 bits per heavy atom. The zero-order valence-electron chi connectivity index (χ0n) is 15.5. The maximum atomic E-state index is 10.3. The van der Waals surface area contributed by atoms with Crippen LogP contribution in [0.5, 0.6) is 0 Å².